The van der Waals surface area contributed by atoms with Crippen molar-refractivity contribution in [3.05, 3.63) is 0 Å². The Morgan fingerprint density at radius 3 is 2.47 bits per heavy atom. The Morgan fingerprint density at radius 2 is 2.05 bits per heavy atom. The molecule has 3 nitrogen and oxygen atoms in total. The predicted molar refractivity (Wildman–Crippen MR) is 82.7 cm³/mol. The van der Waals surface area contributed by atoms with Crippen LogP contribution in [-0.2, 0) is 4.74 Å². The maximum Gasteiger partial charge on any atom is 0.410 e. The van der Waals surface area contributed by atoms with E-state index in [-0.39, 0.29) is 11.5 Å². The lowest BCUT2D eigenvalue weighted by molar-refractivity contribution is -0.00832. The summed E-state index contributed by atoms with van der Waals surface area (Å²) in [7, 11) is 0. The van der Waals surface area contributed by atoms with Gasteiger partial charge in [-0.05, 0) is 44.4 Å². The molecule has 0 spiro atoms. The van der Waals surface area contributed by atoms with Crippen LogP contribution in [0.15, 0.2) is 0 Å². The van der Waals surface area contributed by atoms with Gasteiger partial charge in [-0.25, -0.2) is 4.79 Å². The summed E-state index contributed by atoms with van der Waals surface area (Å²) in [5.74, 6) is 1.07. The van der Waals surface area contributed by atoms with Gasteiger partial charge in [0.2, 0.25) is 0 Å². The quantitative estimate of drug-likeness (QED) is 0.705. The van der Waals surface area contributed by atoms with Crippen molar-refractivity contribution in [2.24, 2.45) is 17.3 Å². The third-order valence-corrected chi connectivity index (χ3v) is 5.31. The molecule has 0 radical (unpaired) electrons. The van der Waals surface area contributed by atoms with E-state index in [1.54, 1.807) is 0 Å². The number of ether oxygens (including phenoxy) is 1. The standard InChI is InChI=1S/C15H28BrNO2/c1-11(2)12-9-17(8-7-15(12,6)10-16)13(18)19-14(3,4)5/h11-12H,7-10H2,1-6H3. The molecule has 1 amide bonds. The van der Waals surface area contributed by atoms with Crippen LogP contribution in [0.5, 0.6) is 0 Å². The van der Waals surface area contributed by atoms with Crippen LogP contribution < -0.4 is 0 Å². The van der Waals surface area contributed by atoms with Crippen molar-refractivity contribution in [1.82, 2.24) is 4.90 Å². The van der Waals surface area contributed by atoms with Gasteiger partial charge < -0.3 is 9.64 Å². The van der Waals surface area contributed by atoms with E-state index in [1.165, 1.54) is 0 Å². The average Bonchev–Trinajstić information content (AvgIpc) is 2.26. The van der Waals surface area contributed by atoms with Gasteiger partial charge in [0.1, 0.15) is 5.60 Å². The van der Waals surface area contributed by atoms with Gasteiger partial charge in [0, 0.05) is 18.4 Å². The maximum atomic E-state index is 12.2. The minimum atomic E-state index is -0.416. The lowest BCUT2D eigenvalue weighted by Crippen LogP contribution is -2.51. The molecule has 1 aliphatic rings. The Bertz CT molecular complexity index is 325. The van der Waals surface area contributed by atoms with Crippen LogP contribution in [0.2, 0.25) is 0 Å². The molecule has 2 atom stereocenters. The van der Waals surface area contributed by atoms with Crippen molar-refractivity contribution in [3.8, 4) is 0 Å². The Labute approximate surface area is 126 Å². The van der Waals surface area contributed by atoms with Gasteiger partial charge in [0.05, 0.1) is 0 Å². The molecule has 1 fully saturated rings. The van der Waals surface area contributed by atoms with E-state index in [2.05, 4.69) is 36.7 Å². The zero-order valence-electron chi connectivity index (χ0n) is 13.1. The number of carbonyl (C=O) groups is 1. The highest BCUT2D eigenvalue weighted by Crippen LogP contribution is 2.41. The normalized spacial score (nSPS) is 28.6. The van der Waals surface area contributed by atoms with Crippen molar-refractivity contribution in [1.29, 1.82) is 0 Å². The Kier molecular flexibility index (Phi) is 5.33. The molecule has 0 aromatic carbocycles. The average molecular weight is 334 g/mol. The number of piperidine rings is 1. The topological polar surface area (TPSA) is 29.5 Å². The second kappa shape index (κ2) is 6.02. The Hall–Kier alpha value is -0.250. The first-order valence-electron chi connectivity index (χ1n) is 7.13. The fourth-order valence-corrected chi connectivity index (χ4v) is 3.49. The number of likely N-dealkylation sites (tertiary alicyclic amines) is 1. The van der Waals surface area contributed by atoms with Gasteiger partial charge in [-0.1, -0.05) is 36.7 Å². The van der Waals surface area contributed by atoms with E-state index >= 15 is 0 Å². The number of carbonyl (C=O) groups excluding carboxylic acids is 1. The van der Waals surface area contributed by atoms with Crippen LogP contribution in [0.1, 0.15) is 48.0 Å². The highest BCUT2D eigenvalue weighted by atomic mass is 79.9. The third kappa shape index (κ3) is 4.37. The Morgan fingerprint density at radius 1 is 1.47 bits per heavy atom. The molecule has 0 N–H and O–H groups in total. The van der Waals surface area contributed by atoms with Crippen LogP contribution in [0.25, 0.3) is 0 Å². The number of rotatable bonds is 2. The molecule has 0 saturated carbocycles. The van der Waals surface area contributed by atoms with E-state index in [0.717, 1.165) is 24.8 Å². The molecule has 0 aromatic rings. The van der Waals surface area contributed by atoms with Gasteiger partial charge in [-0.3, -0.25) is 0 Å². The zero-order chi connectivity index (χ0) is 14.8. The molecule has 1 saturated heterocycles. The van der Waals surface area contributed by atoms with E-state index in [9.17, 15) is 4.79 Å². The molecule has 112 valence electrons. The smallest absolute Gasteiger partial charge is 0.410 e. The number of nitrogens with zero attached hydrogens (tertiary/aromatic N) is 1. The fourth-order valence-electron chi connectivity index (χ4n) is 2.80. The molecular formula is C15H28BrNO2. The summed E-state index contributed by atoms with van der Waals surface area (Å²) < 4.78 is 5.48. The molecule has 19 heavy (non-hydrogen) atoms. The first-order chi connectivity index (χ1) is 8.59. The third-order valence-electron chi connectivity index (χ3n) is 4.03. The van der Waals surface area contributed by atoms with E-state index < -0.39 is 5.60 Å². The van der Waals surface area contributed by atoms with Gasteiger partial charge in [0.15, 0.2) is 0 Å². The van der Waals surface area contributed by atoms with Crippen molar-refractivity contribution < 1.29 is 9.53 Å². The molecular weight excluding hydrogens is 306 g/mol. The summed E-state index contributed by atoms with van der Waals surface area (Å²) in [5.41, 5.74) is -0.146. The van der Waals surface area contributed by atoms with E-state index in [1.807, 2.05) is 25.7 Å². The van der Waals surface area contributed by atoms with E-state index in [0.29, 0.717) is 11.8 Å². The van der Waals surface area contributed by atoms with Gasteiger partial charge >= 0.3 is 6.09 Å². The van der Waals surface area contributed by atoms with Gasteiger partial charge in [-0.15, -0.1) is 0 Å². The summed E-state index contributed by atoms with van der Waals surface area (Å²) >= 11 is 3.65. The highest BCUT2D eigenvalue weighted by molar-refractivity contribution is 9.09. The second-order valence-electron chi connectivity index (χ2n) is 7.31. The molecule has 1 aliphatic heterocycles. The van der Waals surface area contributed by atoms with Crippen molar-refractivity contribution >= 4 is 22.0 Å². The summed E-state index contributed by atoms with van der Waals surface area (Å²) in [6.45, 7) is 14.1. The van der Waals surface area contributed by atoms with E-state index in [4.69, 9.17) is 4.74 Å². The summed E-state index contributed by atoms with van der Waals surface area (Å²) in [6.07, 6.45) is 0.857. The number of hydrogen-bond acceptors (Lipinski definition) is 2. The van der Waals surface area contributed by atoms with Crippen LogP contribution in [-0.4, -0.2) is 35.0 Å². The summed E-state index contributed by atoms with van der Waals surface area (Å²) in [5, 5.41) is 0.991. The van der Waals surface area contributed by atoms with Crippen molar-refractivity contribution in [3.63, 3.8) is 0 Å². The van der Waals surface area contributed by atoms with Crippen LogP contribution in [0.3, 0.4) is 0 Å². The monoisotopic (exact) mass is 333 g/mol. The SMILES string of the molecule is CC(C)C1CN(C(=O)OC(C)(C)C)CCC1(C)CBr. The molecule has 1 rings (SSSR count). The second-order valence-corrected chi connectivity index (χ2v) is 7.88. The maximum absolute atomic E-state index is 12.2. The van der Waals surface area contributed by atoms with Crippen LogP contribution >= 0.6 is 15.9 Å². The van der Waals surface area contributed by atoms with Crippen molar-refractivity contribution in [2.75, 3.05) is 18.4 Å². The largest absolute Gasteiger partial charge is 0.444 e. The number of hydrogen-bond donors (Lipinski definition) is 0. The Balaban J connectivity index is 2.75. The molecule has 1 heterocycles. The van der Waals surface area contributed by atoms with Gasteiger partial charge in [0.25, 0.3) is 0 Å². The number of amides is 1. The lowest BCUT2D eigenvalue weighted by Gasteiger charge is -2.47. The number of alkyl halides is 1. The van der Waals surface area contributed by atoms with Crippen LogP contribution in [0, 0.1) is 17.3 Å². The fraction of sp³-hybridized carbons (Fsp3) is 0.933. The van der Waals surface area contributed by atoms with Crippen molar-refractivity contribution in [2.45, 2.75) is 53.6 Å². The zero-order valence-corrected chi connectivity index (χ0v) is 14.7. The molecule has 0 aliphatic carbocycles. The lowest BCUT2D eigenvalue weighted by atomic mass is 9.68. The number of halogens is 1. The minimum Gasteiger partial charge on any atom is -0.444 e. The highest BCUT2D eigenvalue weighted by Gasteiger charge is 2.42. The first-order valence-corrected chi connectivity index (χ1v) is 8.25. The molecule has 0 aromatic heterocycles. The molecule has 2 unspecified atom stereocenters. The van der Waals surface area contributed by atoms with Gasteiger partial charge in [-0.2, -0.15) is 0 Å². The molecule has 4 heteroatoms. The molecule has 0 bridgehead atoms. The first kappa shape index (κ1) is 16.8. The minimum absolute atomic E-state index is 0.172. The summed E-state index contributed by atoms with van der Waals surface area (Å²) in [6, 6.07) is 0. The predicted octanol–water partition coefficient (Wildman–Crippen LogP) is 4.30. The summed E-state index contributed by atoms with van der Waals surface area (Å²) in [4.78, 5) is 14.0. The van der Waals surface area contributed by atoms with Crippen LogP contribution in [0.4, 0.5) is 4.79 Å².